The zero-order chi connectivity index (χ0) is 10.9. The maximum atomic E-state index is 11.0. The number of carbonyl (C=O) groups is 1. The van der Waals surface area contributed by atoms with Gasteiger partial charge in [0.25, 0.3) is 0 Å². The van der Waals surface area contributed by atoms with E-state index in [2.05, 4.69) is 4.90 Å². The second-order valence-electron chi connectivity index (χ2n) is 4.68. The zero-order valence-corrected chi connectivity index (χ0v) is 9.63. The smallest absolute Gasteiger partial charge is 0.325 e. The molecule has 2 aliphatic heterocycles. The number of hydrogen-bond acceptors (Lipinski definition) is 4. The Morgan fingerprint density at radius 1 is 1.67 bits per heavy atom. The van der Waals surface area contributed by atoms with Crippen LogP contribution in [-0.2, 0) is 4.79 Å². The second kappa shape index (κ2) is 4.31. The fourth-order valence-corrected chi connectivity index (χ4v) is 3.61. The molecule has 0 bridgehead atoms. The van der Waals surface area contributed by atoms with Crippen molar-refractivity contribution in [3.8, 4) is 0 Å². The van der Waals surface area contributed by atoms with Crippen LogP contribution >= 0.6 is 11.8 Å². The Morgan fingerprint density at radius 2 is 2.47 bits per heavy atom. The van der Waals surface area contributed by atoms with Crippen molar-refractivity contribution in [2.75, 3.05) is 31.1 Å². The molecule has 2 unspecified atom stereocenters. The molecule has 4 nitrogen and oxygen atoms in total. The van der Waals surface area contributed by atoms with E-state index >= 15 is 0 Å². The van der Waals surface area contributed by atoms with Gasteiger partial charge in [-0.05, 0) is 30.3 Å². The number of nitrogens with two attached hydrogens (primary N) is 1. The molecule has 0 saturated carbocycles. The van der Waals surface area contributed by atoms with Gasteiger partial charge in [-0.1, -0.05) is 0 Å². The molecule has 0 aliphatic carbocycles. The van der Waals surface area contributed by atoms with Gasteiger partial charge >= 0.3 is 5.97 Å². The highest BCUT2D eigenvalue weighted by atomic mass is 32.2. The van der Waals surface area contributed by atoms with Gasteiger partial charge in [0.1, 0.15) is 5.54 Å². The summed E-state index contributed by atoms with van der Waals surface area (Å²) in [5.74, 6) is 2.36. The van der Waals surface area contributed by atoms with E-state index in [1.165, 1.54) is 17.9 Å². The first-order valence-corrected chi connectivity index (χ1v) is 6.58. The summed E-state index contributed by atoms with van der Waals surface area (Å²) < 4.78 is 0. The summed E-state index contributed by atoms with van der Waals surface area (Å²) in [5.41, 5.74) is 4.83. The fourth-order valence-electron chi connectivity index (χ4n) is 2.34. The van der Waals surface area contributed by atoms with Crippen LogP contribution in [0.2, 0.25) is 0 Å². The molecule has 2 rings (SSSR count). The van der Waals surface area contributed by atoms with E-state index in [1.807, 2.05) is 11.8 Å². The van der Waals surface area contributed by atoms with Gasteiger partial charge in [-0.3, -0.25) is 4.79 Å². The highest BCUT2D eigenvalue weighted by Crippen LogP contribution is 2.27. The summed E-state index contributed by atoms with van der Waals surface area (Å²) in [6, 6.07) is 0. The maximum absolute atomic E-state index is 11.0. The van der Waals surface area contributed by atoms with E-state index in [0.29, 0.717) is 13.0 Å². The molecule has 0 radical (unpaired) electrons. The fraction of sp³-hybridized carbons (Fsp3) is 0.900. The van der Waals surface area contributed by atoms with Gasteiger partial charge < -0.3 is 15.7 Å². The average molecular weight is 230 g/mol. The molecule has 0 amide bonds. The van der Waals surface area contributed by atoms with Crippen LogP contribution in [0.1, 0.15) is 12.8 Å². The van der Waals surface area contributed by atoms with Crippen LogP contribution in [0.15, 0.2) is 0 Å². The Labute approximate surface area is 94.2 Å². The summed E-state index contributed by atoms with van der Waals surface area (Å²) >= 11 is 2.00. The molecule has 2 aliphatic rings. The van der Waals surface area contributed by atoms with Crippen LogP contribution in [0.5, 0.6) is 0 Å². The van der Waals surface area contributed by atoms with Crippen molar-refractivity contribution in [1.29, 1.82) is 0 Å². The average Bonchev–Trinajstić information content (AvgIpc) is 2.77. The Bertz CT molecular complexity index is 256. The first-order chi connectivity index (χ1) is 7.10. The van der Waals surface area contributed by atoms with Crippen molar-refractivity contribution in [2.24, 2.45) is 11.7 Å². The molecule has 15 heavy (non-hydrogen) atoms. The van der Waals surface area contributed by atoms with Gasteiger partial charge in [0.15, 0.2) is 0 Å². The summed E-state index contributed by atoms with van der Waals surface area (Å²) in [4.78, 5) is 13.2. The Balaban J connectivity index is 1.84. The molecule has 0 aromatic rings. The first-order valence-electron chi connectivity index (χ1n) is 5.42. The highest BCUT2D eigenvalue weighted by Gasteiger charge is 2.41. The van der Waals surface area contributed by atoms with E-state index in [4.69, 9.17) is 10.8 Å². The van der Waals surface area contributed by atoms with Crippen molar-refractivity contribution < 1.29 is 9.90 Å². The maximum Gasteiger partial charge on any atom is 0.325 e. The molecule has 0 aromatic carbocycles. The van der Waals surface area contributed by atoms with Gasteiger partial charge in [0.05, 0.1) is 0 Å². The van der Waals surface area contributed by atoms with Crippen molar-refractivity contribution in [3.63, 3.8) is 0 Å². The molecule has 3 N–H and O–H groups in total. The standard InChI is InChI=1S/C10H18N2O2S/c11-10(9(13)14)2-3-12(7-10)5-8-1-4-15-6-8/h8H,1-7,11H2,(H,13,14). The Kier molecular flexibility index (Phi) is 3.23. The minimum Gasteiger partial charge on any atom is -0.480 e. The van der Waals surface area contributed by atoms with Crippen molar-refractivity contribution in [2.45, 2.75) is 18.4 Å². The van der Waals surface area contributed by atoms with Gasteiger partial charge in [-0.2, -0.15) is 11.8 Å². The van der Waals surface area contributed by atoms with E-state index in [9.17, 15) is 4.79 Å². The van der Waals surface area contributed by atoms with Crippen LogP contribution < -0.4 is 5.73 Å². The third-order valence-corrected chi connectivity index (χ3v) is 4.58. The molecular weight excluding hydrogens is 212 g/mol. The van der Waals surface area contributed by atoms with Crippen LogP contribution in [0.4, 0.5) is 0 Å². The number of likely N-dealkylation sites (tertiary alicyclic amines) is 1. The SMILES string of the molecule is NC1(C(=O)O)CCN(CC2CCSC2)C1. The van der Waals surface area contributed by atoms with Crippen LogP contribution in [0.25, 0.3) is 0 Å². The number of thioether (sulfide) groups is 1. The van der Waals surface area contributed by atoms with Crippen LogP contribution in [-0.4, -0.2) is 52.7 Å². The van der Waals surface area contributed by atoms with Gasteiger partial charge in [0, 0.05) is 19.6 Å². The normalized spacial score (nSPS) is 37.3. The summed E-state index contributed by atoms with van der Waals surface area (Å²) in [6.45, 7) is 2.38. The number of aliphatic carboxylic acids is 1. The van der Waals surface area contributed by atoms with E-state index in [1.54, 1.807) is 0 Å². The van der Waals surface area contributed by atoms with Crippen LogP contribution in [0, 0.1) is 5.92 Å². The number of nitrogens with zero attached hydrogens (tertiary/aromatic N) is 1. The second-order valence-corrected chi connectivity index (χ2v) is 5.83. The number of rotatable bonds is 3. The third kappa shape index (κ3) is 2.46. The lowest BCUT2D eigenvalue weighted by Crippen LogP contribution is -2.50. The molecule has 0 aromatic heterocycles. The minimum absolute atomic E-state index is 0.517. The van der Waals surface area contributed by atoms with E-state index in [0.717, 1.165) is 19.0 Å². The van der Waals surface area contributed by atoms with Gasteiger partial charge in [-0.15, -0.1) is 0 Å². The number of carboxylic acids is 1. The molecule has 0 spiro atoms. The zero-order valence-electron chi connectivity index (χ0n) is 8.82. The van der Waals surface area contributed by atoms with Crippen LogP contribution in [0.3, 0.4) is 0 Å². The monoisotopic (exact) mass is 230 g/mol. The lowest BCUT2D eigenvalue weighted by Gasteiger charge is -2.22. The Hall–Kier alpha value is -0.260. The van der Waals surface area contributed by atoms with Crippen molar-refractivity contribution in [1.82, 2.24) is 4.90 Å². The molecule has 86 valence electrons. The Morgan fingerprint density at radius 3 is 3.00 bits per heavy atom. The largest absolute Gasteiger partial charge is 0.480 e. The highest BCUT2D eigenvalue weighted by molar-refractivity contribution is 7.99. The van der Waals surface area contributed by atoms with Crippen molar-refractivity contribution in [3.05, 3.63) is 0 Å². The van der Waals surface area contributed by atoms with E-state index in [-0.39, 0.29) is 0 Å². The molecule has 5 heteroatoms. The van der Waals surface area contributed by atoms with Gasteiger partial charge in [0.2, 0.25) is 0 Å². The predicted octanol–water partition coefficient (Wildman–Crippen LogP) is 0.227. The van der Waals surface area contributed by atoms with Crippen molar-refractivity contribution >= 4 is 17.7 Å². The minimum atomic E-state index is -0.994. The summed E-state index contributed by atoms with van der Waals surface area (Å²) in [5, 5.41) is 9.00. The number of hydrogen-bond donors (Lipinski definition) is 2. The van der Waals surface area contributed by atoms with Gasteiger partial charge in [-0.25, -0.2) is 0 Å². The number of carboxylic acid groups (broad SMARTS) is 1. The third-order valence-electron chi connectivity index (χ3n) is 3.35. The lowest BCUT2D eigenvalue weighted by atomic mass is 10.0. The predicted molar refractivity (Wildman–Crippen MR) is 61.0 cm³/mol. The summed E-state index contributed by atoms with van der Waals surface area (Å²) in [7, 11) is 0. The first kappa shape index (κ1) is 11.2. The molecule has 2 heterocycles. The summed E-state index contributed by atoms with van der Waals surface area (Å²) in [6.07, 6.45) is 1.86. The van der Waals surface area contributed by atoms with E-state index < -0.39 is 11.5 Å². The topological polar surface area (TPSA) is 66.6 Å². The lowest BCUT2D eigenvalue weighted by molar-refractivity contribution is -0.142. The molecule has 2 fully saturated rings. The molecule has 2 saturated heterocycles. The quantitative estimate of drug-likeness (QED) is 0.726. The molecule has 2 atom stereocenters. The molecular formula is C10H18N2O2S.